The highest BCUT2D eigenvalue weighted by atomic mass is 16.4. The molecule has 1 fully saturated rings. The Kier molecular flexibility index (Phi) is 12.1. The summed E-state index contributed by atoms with van der Waals surface area (Å²) in [5, 5.41) is 31.7. The van der Waals surface area contributed by atoms with E-state index >= 15 is 0 Å². The summed E-state index contributed by atoms with van der Waals surface area (Å²) in [6.07, 6.45) is 6.39. The van der Waals surface area contributed by atoms with Crippen molar-refractivity contribution in [2.24, 2.45) is 17.8 Å². The summed E-state index contributed by atoms with van der Waals surface area (Å²) in [4.78, 5) is 45.8. The van der Waals surface area contributed by atoms with Crippen LogP contribution in [-0.4, -0.2) is 51.1 Å². The van der Waals surface area contributed by atoms with Crippen LogP contribution in [0.2, 0.25) is 0 Å². The molecule has 1 saturated heterocycles. The number of carboxylic acids is 1. The maximum atomic E-state index is 12.5. The maximum Gasteiger partial charge on any atom is 0.303 e. The first-order valence-corrected chi connectivity index (χ1v) is 11.3. The van der Waals surface area contributed by atoms with Gasteiger partial charge in [0.25, 0.3) is 0 Å². The van der Waals surface area contributed by atoms with Gasteiger partial charge in [-0.25, -0.2) is 0 Å². The van der Waals surface area contributed by atoms with Crippen LogP contribution in [0.15, 0.2) is 23.8 Å². The Bertz CT molecular complexity index is 712. The average molecular weight is 452 g/mol. The number of Topliss-reactive ketones (excluding diaryl/α,β-unsaturated/α-hetero) is 1. The fraction of sp³-hybridized carbons (Fsp3) is 0.667. The molecule has 2 amide bonds. The van der Waals surface area contributed by atoms with Crippen molar-refractivity contribution in [3.8, 4) is 0 Å². The molecule has 0 radical (unpaired) electrons. The second-order valence-electron chi connectivity index (χ2n) is 8.81. The van der Waals surface area contributed by atoms with E-state index in [-0.39, 0.29) is 35.9 Å². The Hall–Kier alpha value is -2.32. The fourth-order valence-corrected chi connectivity index (χ4v) is 3.84. The summed E-state index contributed by atoms with van der Waals surface area (Å²) in [6, 6.07) is 0. The lowest BCUT2D eigenvalue weighted by Crippen LogP contribution is -2.38. The molecule has 32 heavy (non-hydrogen) atoms. The number of amides is 2. The highest BCUT2D eigenvalue weighted by Crippen LogP contribution is 2.23. The third-order valence-corrected chi connectivity index (χ3v) is 5.92. The monoisotopic (exact) mass is 451 g/mol. The van der Waals surface area contributed by atoms with E-state index in [1.165, 1.54) is 0 Å². The Morgan fingerprint density at radius 3 is 2.31 bits per heavy atom. The van der Waals surface area contributed by atoms with Crippen molar-refractivity contribution in [2.75, 3.05) is 0 Å². The van der Waals surface area contributed by atoms with Crippen molar-refractivity contribution in [1.29, 1.82) is 0 Å². The Morgan fingerprint density at radius 2 is 1.72 bits per heavy atom. The molecule has 4 unspecified atom stereocenters. The van der Waals surface area contributed by atoms with E-state index in [0.29, 0.717) is 50.5 Å². The van der Waals surface area contributed by atoms with E-state index in [1.54, 1.807) is 39.0 Å². The molecule has 0 aromatic rings. The molecule has 1 rings (SSSR count). The lowest BCUT2D eigenvalue weighted by Gasteiger charge is -2.24. The topological polar surface area (TPSA) is 141 Å². The maximum absolute atomic E-state index is 12.5. The Morgan fingerprint density at radius 1 is 1.09 bits per heavy atom. The molecule has 1 aliphatic rings. The van der Waals surface area contributed by atoms with E-state index in [1.807, 2.05) is 0 Å². The first-order valence-electron chi connectivity index (χ1n) is 11.3. The van der Waals surface area contributed by atoms with Gasteiger partial charge < -0.3 is 15.3 Å². The standard InChI is InChI=1S/C24H37NO7/c1-15(19(26)10-7-8-18-13-21(28)25-22(29)14-18)12-16(2)24(32)17(3)20(27)9-5-4-6-11-23(30)31/h4-5,12,15,17-18,20,24,27,32H,6-11,13-14H2,1-3H3,(H,30,31)(H,25,28,29). The number of imide groups is 1. The number of aliphatic carboxylic acids is 1. The molecule has 0 spiro atoms. The fourth-order valence-electron chi connectivity index (χ4n) is 3.84. The lowest BCUT2D eigenvalue weighted by atomic mass is 9.88. The summed E-state index contributed by atoms with van der Waals surface area (Å²) >= 11 is 0. The van der Waals surface area contributed by atoms with Gasteiger partial charge in [-0.15, -0.1) is 0 Å². The van der Waals surface area contributed by atoms with Gasteiger partial charge in [0.15, 0.2) is 0 Å². The van der Waals surface area contributed by atoms with Crippen LogP contribution in [0.1, 0.15) is 72.1 Å². The summed E-state index contributed by atoms with van der Waals surface area (Å²) in [7, 11) is 0. The number of allylic oxidation sites excluding steroid dienone is 2. The van der Waals surface area contributed by atoms with Gasteiger partial charge in [-0.3, -0.25) is 24.5 Å². The van der Waals surface area contributed by atoms with Gasteiger partial charge in [0.1, 0.15) is 5.78 Å². The quantitative estimate of drug-likeness (QED) is 0.235. The molecule has 4 atom stereocenters. The lowest BCUT2D eigenvalue weighted by molar-refractivity contribution is -0.137. The third-order valence-electron chi connectivity index (χ3n) is 5.92. The number of ketones is 1. The van der Waals surface area contributed by atoms with Crippen molar-refractivity contribution in [2.45, 2.75) is 84.3 Å². The minimum atomic E-state index is -0.903. The molecule has 0 aromatic heterocycles. The molecular weight excluding hydrogens is 414 g/mol. The van der Waals surface area contributed by atoms with Gasteiger partial charge in [-0.1, -0.05) is 32.1 Å². The average Bonchev–Trinajstić information content (AvgIpc) is 2.71. The molecule has 8 nitrogen and oxygen atoms in total. The molecular formula is C24H37NO7. The second kappa shape index (κ2) is 14.0. The minimum absolute atomic E-state index is 0.0148. The van der Waals surface area contributed by atoms with Gasteiger partial charge in [0.05, 0.1) is 12.2 Å². The summed E-state index contributed by atoms with van der Waals surface area (Å²) < 4.78 is 0. The van der Waals surface area contributed by atoms with E-state index in [4.69, 9.17) is 5.11 Å². The number of hydrogen-bond acceptors (Lipinski definition) is 6. The number of carbonyl (C=O) groups excluding carboxylic acids is 3. The molecule has 180 valence electrons. The molecule has 0 aliphatic carbocycles. The van der Waals surface area contributed by atoms with Crippen molar-refractivity contribution in [1.82, 2.24) is 5.32 Å². The Balaban J connectivity index is 2.45. The SMILES string of the molecule is CC(=CC(C)C(=O)CCCC1CC(=O)NC(=O)C1)C(O)C(C)C(O)CC=CCCC(=O)O. The summed E-state index contributed by atoms with van der Waals surface area (Å²) in [5.74, 6) is -2.22. The van der Waals surface area contributed by atoms with Crippen LogP contribution >= 0.6 is 0 Å². The first kappa shape index (κ1) is 27.7. The summed E-state index contributed by atoms with van der Waals surface area (Å²) in [5.41, 5.74) is 0.613. The summed E-state index contributed by atoms with van der Waals surface area (Å²) in [6.45, 7) is 5.22. The minimum Gasteiger partial charge on any atom is -0.481 e. The molecule has 0 aromatic carbocycles. The van der Waals surface area contributed by atoms with Crippen LogP contribution < -0.4 is 5.32 Å². The van der Waals surface area contributed by atoms with E-state index in [2.05, 4.69) is 5.32 Å². The van der Waals surface area contributed by atoms with Gasteiger partial charge in [-0.05, 0) is 44.1 Å². The van der Waals surface area contributed by atoms with Crippen LogP contribution in [0, 0.1) is 17.8 Å². The zero-order chi connectivity index (χ0) is 24.3. The van der Waals surface area contributed by atoms with Gasteiger partial charge in [-0.2, -0.15) is 0 Å². The van der Waals surface area contributed by atoms with Crippen LogP contribution in [0.5, 0.6) is 0 Å². The van der Waals surface area contributed by atoms with E-state index < -0.39 is 24.1 Å². The zero-order valence-electron chi connectivity index (χ0n) is 19.3. The zero-order valence-corrected chi connectivity index (χ0v) is 19.3. The number of aliphatic hydroxyl groups is 2. The van der Waals surface area contributed by atoms with Gasteiger partial charge in [0, 0.05) is 37.5 Å². The molecule has 0 bridgehead atoms. The predicted molar refractivity (Wildman–Crippen MR) is 119 cm³/mol. The van der Waals surface area contributed by atoms with E-state index in [9.17, 15) is 29.4 Å². The number of carboxylic acid groups (broad SMARTS) is 1. The molecule has 1 heterocycles. The second-order valence-corrected chi connectivity index (χ2v) is 8.81. The van der Waals surface area contributed by atoms with Crippen LogP contribution in [0.25, 0.3) is 0 Å². The van der Waals surface area contributed by atoms with Gasteiger partial charge >= 0.3 is 5.97 Å². The van der Waals surface area contributed by atoms with Crippen LogP contribution in [0.3, 0.4) is 0 Å². The Labute approximate surface area is 189 Å². The highest BCUT2D eigenvalue weighted by Gasteiger charge is 2.26. The number of nitrogens with one attached hydrogen (secondary N) is 1. The number of rotatable bonds is 14. The molecule has 8 heteroatoms. The molecule has 4 N–H and O–H groups in total. The van der Waals surface area contributed by atoms with Crippen molar-refractivity contribution >= 4 is 23.6 Å². The van der Waals surface area contributed by atoms with Crippen LogP contribution in [-0.2, 0) is 19.2 Å². The smallest absolute Gasteiger partial charge is 0.303 e. The molecule has 1 aliphatic heterocycles. The predicted octanol–water partition coefficient (Wildman–Crippen LogP) is 2.53. The number of piperidine rings is 1. The third kappa shape index (κ3) is 10.3. The first-order chi connectivity index (χ1) is 15.0. The molecule has 0 saturated carbocycles. The highest BCUT2D eigenvalue weighted by molar-refractivity contribution is 5.97. The van der Waals surface area contributed by atoms with Crippen molar-refractivity contribution < 1.29 is 34.5 Å². The van der Waals surface area contributed by atoms with Crippen LogP contribution in [0.4, 0.5) is 0 Å². The van der Waals surface area contributed by atoms with Crippen molar-refractivity contribution in [3.63, 3.8) is 0 Å². The number of hydrogen-bond donors (Lipinski definition) is 4. The van der Waals surface area contributed by atoms with Gasteiger partial charge in [0.2, 0.25) is 11.8 Å². The van der Waals surface area contributed by atoms with E-state index in [0.717, 1.165) is 0 Å². The number of carbonyl (C=O) groups is 4. The number of aliphatic hydroxyl groups excluding tert-OH is 2. The normalized spacial score (nSPS) is 19.5. The van der Waals surface area contributed by atoms with Crippen molar-refractivity contribution in [3.05, 3.63) is 23.8 Å². The largest absolute Gasteiger partial charge is 0.481 e.